The van der Waals surface area contributed by atoms with E-state index in [4.69, 9.17) is 22.1 Å². The molecule has 0 aliphatic carbocycles. The molecular formula is C16H12ClFN2O. The van der Waals surface area contributed by atoms with Gasteiger partial charge in [0, 0.05) is 22.2 Å². The van der Waals surface area contributed by atoms with Crippen molar-refractivity contribution in [2.24, 2.45) is 0 Å². The highest BCUT2D eigenvalue weighted by molar-refractivity contribution is 6.30. The molecule has 0 spiro atoms. The van der Waals surface area contributed by atoms with Crippen LogP contribution in [0, 0.1) is 5.82 Å². The number of fused-ring (bicyclic) bond motifs is 1. The van der Waals surface area contributed by atoms with Gasteiger partial charge in [0.15, 0.2) is 0 Å². The van der Waals surface area contributed by atoms with Crippen LogP contribution in [0.25, 0.3) is 10.9 Å². The molecule has 0 saturated carbocycles. The number of hydrogen-bond donors (Lipinski definition) is 1. The van der Waals surface area contributed by atoms with Crippen LogP contribution in [-0.2, 0) is 6.61 Å². The lowest BCUT2D eigenvalue weighted by Crippen LogP contribution is -2.00. The van der Waals surface area contributed by atoms with Gasteiger partial charge in [-0.2, -0.15) is 0 Å². The number of nitrogens with zero attached hydrogens (tertiary/aromatic N) is 1. The summed E-state index contributed by atoms with van der Waals surface area (Å²) in [4.78, 5) is 4.23. The lowest BCUT2D eigenvalue weighted by atomic mass is 10.1. The fraction of sp³-hybridized carbons (Fsp3) is 0.0625. The Morgan fingerprint density at radius 3 is 2.86 bits per heavy atom. The van der Waals surface area contributed by atoms with Crippen LogP contribution in [0.2, 0.25) is 5.02 Å². The number of aromatic nitrogens is 1. The van der Waals surface area contributed by atoms with Crippen LogP contribution >= 0.6 is 11.6 Å². The van der Waals surface area contributed by atoms with Crippen molar-refractivity contribution >= 4 is 28.2 Å². The number of hydrogen-bond acceptors (Lipinski definition) is 3. The highest BCUT2D eigenvalue weighted by Gasteiger charge is 2.08. The van der Waals surface area contributed by atoms with Gasteiger partial charge in [-0.1, -0.05) is 17.7 Å². The van der Waals surface area contributed by atoms with Gasteiger partial charge in [-0.25, -0.2) is 4.39 Å². The molecule has 0 amide bonds. The molecule has 1 heterocycles. The lowest BCUT2D eigenvalue weighted by molar-refractivity contribution is 0.303. The third kappa shape index (κ3) is 2.76. The standard InChI is InChI=1S/C16H12ClFN2O/c17-11-4-3-10(13(18)8-11)9-21-15-6-5-14(19)16-12(15)2-1-7-20-16/h1-8H,9,19H2. The fourth-order valence-electron chi connectivity index (χ4n) is 2.09. The van der Waals surface area contributed by atoms with E-state index in [1.807, 2.05) is 6.07 Å². The van der Waals surface area contributed by atoms with Gasteiger partial charge in [0.05, 0.1) is 11.2 Å². The number of rotatable bonds is 3. The number of halogens is 2. The average molecular weight is 303 g/mol. The zero-order valence-corrected chi connectivity index (χ0v) is 11.8. The Labute approximate surface area is 126 Å². The second-order valence-corrected chi connectivity index (χ2v) is 5.01. The molecule has 3 aromatic rings. The molecule has 21 heavy (non-hydrogen) atoms. The third-order valence-corrected chi connectivity index (χ3v) is 3.39. The summed E-state index contributed by atoms with van der Waals surface area (Å²) in [6.45, 7) is 0.108. The second kappa shape index (κ2) is 5.58. The van der Waals surface area contributed by atoms with E-state index in [1.165, 1.54) is 6.07 Å². The fourth-order valence-corrected chi connectivity index (χ4v) is 2.25. The molecule has 0 aliphatic rings. The van der Waals surface area contributed by atoms with Gasteiger partial charge in [-0.3, -0.25) is 4.98 Å². The summed E-state index contributed by atoms with van der Waals surface area (Å²) < 4.78 is 19.4. The largest absolute Gasteiger partial charge is 0.488 e. The molecule has 5 heteroatoms. The second-order valence-electron chi connectivity index (χ2n) is 4.58. The minimum absolute atomic E-state index is 0.108. The molecule has 2 aromatic carbocycles. The summed E-state index contributed by atoms with van der Waals surface area (Å²) in [5.41, 5.74) is 7.57. The first kappa shape index (κ1) is 13.6. The lowest BCUT2D eigenvalue weighted by Gasteiger charge is -2.11. The number of pyridine rings is 1. The molecule has 3 nitrogen and oxygen atoms in total. The monoisotopic (exact) mass is 302 g/mol. The van der Waals surface area contributed by atoms with Gasteiger partial charge < -0.3 is 10.5 Å². The molecule has 0 saturated heterocycles. The maximum absolute atomic E-state index is 13.7. The molecule has 0 aliphatic heterocycles. The molecule has 0 fully saturated rings. The number of anilines is 1. The summed E-state index contributed by atoms with van der Waals surface area (Å²) in [5.74, 6) is 0.224. The average Bonchev–Trinajstić information content (AvgIpc) is 2.48. The number of nitrogen functional groups attached to an aromatic ring is 1. The van der Waals surface area contributed by atoms with Crippen molar-refractivity contribution in [3.8, 4) is 5.75 Å². The topological polar surface area (TPSA) is 48.1 Å². The zero-order chi connectivity index (χ0) is 14.8. The highest BCUT2D eigenvalue weighted by atomic mass is 35.5. The van der Waals surface area contributed by atoms with Crippen molar-refractivity contribution in [1.29, 1.82) is 0 Å². The quantitative estimate of drug-likeness (QED) is 0.738. The van der Waals surface area contributed by atoms with Crippen molar-refractivity contribution in [2.75, 3.05) is 5.73 Å². The SMILES string of the molecule is Nc1ccc(OCc2ccc(Cl)cc2F)c2cccnc12. The van der Waals surface area contributed by atoms with E-state index in [-0.39, 0.29) is 12.4 Å². The minimum atomic E-state index is -0.389. The maximum Gasteiger partial charge on any atom is 0.131 e. The molecule has 0 bridgehead atoms. The van der Waals surface area contributed by atoms with Crippen LogP contribution in [0.4, 0.5) is 10.1 Å². The van der Waals surface area contributed by atoms with Gasteiger partial charge in [-0.05, 0) is 36.4 Å². The normalized spacial score (nSPS) is 10.8. The van der Waals surface area contributed by atoms with Crippen LogP contribution in [0.1, 0.15) is 5.56 Å². The van der Waals surface area contributed by atoms with E-state index in [0.29, 0.717) is 27.5 Å². The number of ether oxygens (including phenoxy) is 1. The van der Waals surface area contributed by atoms with Crippen LogP contribution in [0.5, 0.6) is 5.75 Å². The van der Waals surface area contributed by atoms with E-state index in [1.54, 1.807) is 36.5 Å². The Morgan fingerprint density at radius 2 is 2.05 bits per heavy atom. The minimum Gasteiger partial charge on any atom is -0.488 e. The molecule has 0 radical (unpaired) electrons. The van der Waals surface area contributed by atoms with E-state index in [2.05, 4.69) is 4.98 Å². The van der Waals surface area contributed by atoms with E-state index < -0.39 is 0 Å². The Kier molecular flexibility index (Phi) is 3.62. The van der Waals surface area contributed by atoms with Gasteiger partial charge in [0.1, 0.15) is 18.2 Å². The Balaban J connectivity index is 1.90. The van der Waals surface area contributed by atoms with Crippen LogP contribution in [-0.4, -0.2) is 4.98 Å². The first-order valence-electron chi connectivity index (χ1n) is 6.35. The van der Waals surface area contributed by atoms with Crippen molar-refractivity contribution in [1.82, 2.24) is 4.98 Å². The smallest absolute Gasteiger partial charge is 0.131 e. The molecular weight excluding hydrogens is 291 g/mol. The summed E-state index contributed by atoms with van der Waals surface area (Å²) in [7, 11) is 0. The molecule has 2 N–H and O–H groups in total. The summed E-state index contributed by atoms with van der Waals surface area (Å²) >= 11 is 5.73. The summed E-state index contributed by atoms with van der Waals surface area (Å²) in [5, 5.41) is 1.16. The first-order chi connectivity index (χ1) is 10.1. The summed E-state index contributed by atoms with van der Waals surface area (Å²) in [6, 6.07) is 11.7. The first-order valence-corrected chi connectivity index (χ1v) is 6.73. The van der Waals surface area contributed by atoms with E-state index in [9.17, 15) is 4.39 Å². The number of nitrogens with two attached hydrogens (primary N) is 1. The van der Waals surface area contributed by atoms with Crippen LogP contribution in [0.3, 0.4) is 0 Å². The molecule has 1 aromatic heterocycles. The highest BCUT2D eigenvalue weighted by Crippen LogP contribution is 2.29. The number of benzene rings is 2. The maximum atomic E-state index is 13.7. The molecule has 3 rings (SSSR count). The Bertz CT molecular complexity index is 807. The van der Waals surface area contributed by atoms with Gasteiger partial charge in [-0.15, -0.1) is 0 Å². The predicted molar refractivity (Wildman–Crippen MR) is 81.9 cm³/mol. The predicted octanol–water partition coefficient (Wildman–Crippen LogP) is 4.19. The van der Waals surface area contributed by atoms with Gasteiger partial charge in [0.25, 0.3) is 0 Å². The third-order valence-electron chi connectivity index (χ3n) is 3.16. The summed E-state index contributed by atoms with van der Waals surface area (Å²) in [6.07, 6.45) is 1.67. The van der Waals surface area contributed by atoms with Gasteiger partial charge >= 0.3 is 0 Å². The zero-order valence-electron chi connectivity index (χ0n) is 11.0. The van der Waals surface area contributed by atoms with Crippen molar-refractivity contribution in [3.05, 3.63) is 65.1 Å². The van der Waals surface area contributed by atoms with Crippen molar-refractivity contribution in [3.63, 3.8) is 0 Å². The van der Waals surface area contributed by atoms with Crippen molar-refractivity contribution in [2.45, 2.75) is 6.61 Å². The van der Waals surface area contributed by atoms with Gasteiger partial charge in [0.2, 0.25) is 0 Å². The van der Waals surface area contributed by atoms with Crippen LogP contribution in [0.15, 0.2) is 48.7 Å². The van der Waals surface area contributed by atoms with Crippen molar-refractivity contribution < 1.29 is 9.13 Å². The molecule has 106 valence electrons. The van der Waals surface area contributed by atoms with E-state index in [0.717, 1.165) is 5.39 Å². The Hall–Kier alpha value is -2.33. The molecule has 0 unspecified atom stereocenters. The Morgan fingerprint density at radius 1 is 1.19 bits per heavy atom. The van der Waals surface area contributed by atoms with E-state index >= 15 is 0 Å². The molecule has 0 atom stereocenters. The van der Waals surface area contributed by atoms with Crippen LogP contribution < -0.4 is 10.5 Å².